The van der Waals surface area contributed by atoms with Crippen LogP contribution in [0, 0.1) is 45.8 Å². The van der Waals surface area contributed by atoms with Gasteiger partial charge in [0.15, 0.2) is 0 Å². The highest BCUT2D eigenvalue weighted by atomic mass is 16.5. The summed E-state index contributed by atoms with van der Waals surface area (Å²) in [5, 5.41) is 4.20. The first kappa shape index (κ1) is 19.8. The Kier molecular flexibility index (Phi) is 4.36. The Morgan fingerprint density at radius 1 is 1.00 bits per heavy atom. The molecule has 1 aromatic rings. The first-order valence-electron chi connectivity index (χ1n) is 12.9. The highest BCUT2D eigenvalue weighted by molar-refractivity contribution is 5.28. The van der Waals surface area contributed by atoms with Crippen molar-refractivity contribution >= 4 is 0 Å². The maximum Gasteiger partial charge on any atom is 0.143 e. The number of ether oxygens (including phenoxy) is 1. The Morgan fingerprint density at radius 2 is 1.83 bits per heavy atom. The van der Waals surface area contributed by atoms with Crippen LogP contribution >= 0.6 is 0 Å². The van der Waals surface area contributed by atoms with Gasteiger partial charge in [0.2, 0.25) is 0 Å². The van der Waals surface area contributed by atoms with Crippen LogP contribution in [0.5, 0.6) is 0 Å². The first-order valence-corrected chi connectivity index (χ1v) is 12.9. The lowest BCUT2D eigenvalue weighted by atomic mass is 9.38. The summed E-state index contributed by atoms with van der Waals surface area (Å²) in [6.07, 6.45) is 16.1. The molecule has 5 aliphatic carbocycles. The fraction of sp³-hybridized carbons (Fsp3) is 0.889. The van der Waals surface area contributed by atoms with Crippen molar-refractivity contribution in [1.29, 1.82) is 0 Å². The molecular formula is C27H41NO2. The van der Waals surface area contributed by atoms with Gasteiger partial charge in [-0.25, -0.2) is 0 Å². The topological polar surface area (TPSA) is 35.3 Å². The minimum absolute atomic E-state index is 0.409. The molecule has 0 aromatic carbocycles. The number of fused-ring (bicyclic) bond motifs is 8. The summed E-state index contributed by atoms with van der Waals surface area (Å²) >= 11 is 0. The van der Waals surface area contributed by atoms with Crippen LogP contribution in [-0.4, -0.2) is 18.9 Å². The van der Waals surface area contributed by atoms with Crippen LogP contribution in [0.2, 0.25) is 0 Å². The van der Waals surface area contributed by atoms with Crippen molar-refractivity contribution in [3.63, 3.8) is 0 Å². The second-order valence-corrected chi connectivity index (χ2v) is 12.6. The summed E-state index contributed by atoms with van der Waals surface area (Å²) in [6.45, 7) is 8.80. The van der Waals surface area contributed by atoms with Crippen molar-refractivity contribution in [2.45, 2.75) is 90.9 Å². The van der Waals surface area contributed by atoms with Crippen molar-refractivity contribution in [3.05, 3.63) is 17.5 Å². The minimum atomic E-state index is 0.409. The van der Waals surface area contributed by atoms with Gasteiger partial charge in [0, 0.05) is 18.6 Å². The van der Waals surface area contributed by atoms with E-state index in [0.717, 1.165) is 36.2 Å². The molecular weight excluding hydrogens is 370 g/mol. The third kappa shape index (κ3) is 2.39. The van der Waals surface area contributed by atoms with E-state index in [4.69, 9.17) is 9.26 Å². The quantitative estimate of drug-likeness (QED) is 0.548. The highest BCUT2D eigenvalue weighted by Gasteiger charge is 2.64. The molecule has 1 heterocycles. The summed E-state index contributed by atoms with van der Waals surface area (Å²) < 4.78 is 11.5. The zero-order valence-electron chi connectivity index (χ0n) is 19.6. The Morgan fingerprint density at radius 3 is 2.67 bits per heavy atom. The van der Waals surface area contributed by atoms with Crippen molar-refractivity contribution in [2.75, 3.05) is 13.7 Å². The van der Waals surface area contributed by atoms with E-state index in [2.05, 4.69) is 25.9 Å². The van der Waals surface area contributed by atoms with Crippen molar-refractivity contribution in [1.82, 2.24) is 5.16 Å². The third-order valence-corrected chi connectivity index (χ3v) is 11.7. The zero-order valence-corrected chi connectivity index (χ0v) is 19.6. The lowest BCUT2D eigenvalue weighted by molar-refractivity contribution is -0.176. The Hall–Kier alpha value is -0.830. The van der Waals surface area contributed by atoms with Gasteiger partial charge in [0.05, 0.1) is 12.8 Å². The maximum absolute atomic E-state index is 5.81. The molecule has 0 bridgehead atoms. The van der Waals surface area contributed by atoms with Gasteiger partial charge < -0.3 is 9.26 Å². The second-order valence-electron chi connectivity index (χ2n) is 12.6. The molecule has 166 valence electrons. The van der Waals surface area contributed by atoms with Crippen LogP contribution in [0.25, 0.3) is 0 Å². The van der Waals surface area contributed by atoms with E-state index in [-0.39, 0.29) is 0 Å². The van der Waals surface area contributed by atoms with Crippen LogP contribution in [0.3, 0.4) is 0 Å². The van der Waals surface area contributed by atoms with Crippen LogP contribution in [-0.2, 0) is 11.2 Å². The van der Waals surface area contributed by atoms with Crippen LogP contribution < -0.4 is 0 Å². The van der Waals surface area contributed by atoms with Gasteiger partial charge in [-0.1, -0.05) is 32.3 Å². The zero-order chi connectivity index (χ0) is 20.7. The molecule has 3 nitrogen and oxygen atoms in total. The van der Waals surface area contributed by atoms with E-state index < -0.39 is 0 Å². The normalized spacial score (nSPS) is 52.0. The summed E-state index contributed by atoms with van der Waals surface area (Å²) in [5.41, 5.74) is 2.85. The number of methoxy groups -OCH3 is 1. The van der Waals surface area contributed by atoms with E-state index in [1.165, 1.54) is 75.5 Å². The molecule has 9 unspecified atom stereocenters. The van der Waals surface area contributed by atoms with Gasteiger partial charge >= 0.3 is 0 Å². The molecule has 9 atom stereocenters. The Balaban J connectivity index is 1.34. The average Bonchev–Trinajstić information content (AvgIpc) is 3.34. The molecule has 30 heavy (non-hydrogen) atoms. The number of hydrogen-bond acceptors (Lipinski definition) is 3. The van der Waals surface area contributed by atoms with Crippen LogP contribution in [0.4, 0.5) is 0 Å². The molecule has 0 N–H and O–H groups in total. The van der Waals surface area contributed by atoms with Gasteiger partial charge in [-0.05, 0) is 104 Å². The second kappa shape index (κ2) is 6.59. The first-order chi connectivity index (χ1) is 14.4. The van der Waals surface area contributed by atoms with Crippen LogP contribution in [0.15, 0.2) is 10.7 Å². The highest BCUT2D eigenvalue weighted by Crippen LogP contribution is 2.71. The standard InChI is InChI=1S/C27H41NO2/c1-17-20-9-12-25(2)21-10-13-27(16-29-4)11-5-6-22(27)19(21)7-8-23(25)26(20,3)14-18-15-28-30-24(17)18/h15,17,19-23H,5-14,16H2,1-4H3. The van der Waals surface area contributed by atoms with Gasteiger partial charge in [-0.3, -0.25) is 0 Å². The number of nitrogens with zero attached hydrogens (tertiary/aromatic N) is 1. The summed E-state index contributed by atoms with van der Waals surface area (Å²) in [7, 11) is 1.93. The van der Waals surface area contributed by atoms with Crippen molar-refractivity contribution in [2.24, 2.45) is 45.8 Å². The molecule has 0 amide bonds. The average molecular weight is 412 g/mol. The molecule has 5 aliphatic rings. The molecule has 0 saturated heterocycles. The molecule has 0 radical (unpaired) electrons. The summed E-state index contributed by atoms with van der Waals surface area (Å²) in [5.74, 6) is 6.14. The summed E-state index contributed by atoms with van der Waals surface area (Å²) in [6, 6.07) is 0. The number of rotatable bonds is 2. The van der Waals surface area contributed by atoms with E-state index in [0.29, 0.717) is 22.2 Å². The number of hydrogen-bond donors (Lipinski definition) is 0. The van der Waals surface area contributed by atoms with Gasteiger partial charge in [-0.15, -0.1) is 0 Å². The van der Waals surface area contributed by atoms with E-state index >= 15 is 0 Å². The predicted octanol–water partition coefficient (Wildman–Crippen LogP) is 6.63. The van der Waals surface area contributed by atoms with Gasteiger partial charge in [0.1, 0.15) is 5.76 Å². The molecule has 4 fully saturated rings. The molecule has 4 saturated carbocycles. The van der Waals surface area contributed by atoms with E-state index in [1.807, 2.05) is 13.3 Å². The largest absolute Gasteiger partial charge is 0.384 e. The SMILES string of the molecule is COCC12CCCC1C1CCC3C4(C)Cc5cnoc5C(C)C4CCC3(C)C1CC2. The van der Waals surface area contributed by atoms with Crippen molar-refractivity contribution in [3.8, 4) is 0 Å². The molecule has 0 aliphatic heterocycles. The third-order valence-electron chi connectivity index (χ3n) is 11.7. The van der Waals surface area contributed by atoms with Crippen molar-refractivity contribution < 1.29 is 9.26 Å². The fourth-order valence-corrected chi connectivity index (χ4v) is 10.7. The smallest absolute Gasteiger partial charge is 0.143 e. The Bertz CT molecular complexity index is 818. The molecule has 1 aromatic heterocycles. The lowest BCUT2D eigenvalue weighted by Crippen LogP contribution is -2.60. The summed E-state index contributed by atoms with van der Waals surface area (Å²) in [4.78, 5) is 0. The van der Waals surface area contributed by atoms with Gasteiger partial charge in [-0.2, -0.15) is 0 Å². The minimum Gasteiger partial charge on any atom is -0.384 e. The monoisotopic (exact) mass is 411 g/mol. The molecule has 6 rings (SSSR count). The fourth-order valence-electron chi connectivity index (χ4n) is 10.7. The van der Waals surface area contributed by atoms with E-state index in [1.54, 1.807) is 0 Å². The van der Waals surface area contributed by atoms with Gasteiger partial charge in [0.25, 0.3) is 0 Å². The van der Waals surface area contributed by atoms with Crippen LogP contribution in [0.1, 0.15) is 95.8 Å². The number of aromatic nitrogens is 1. The molecule has 0 spiro atoms. The van der Waals surface area contributed by atoms with E-state index in [9.17, 15) is 0 Å². The predicted molar refractivity (Wildman–Crippen MR) is 118 cm³/mol. The maximum atomic E-state index is 5.81. The lowest BCUT2D eigenvalue weighted by Gasteiger charge is -2.67. The Labute approximate surface area is 182 Å². The molecule has 3 heteroatoms.